The molecule has 1 aromatic rings. The zero-order valence-electron chi connectivity index (χ0n) is 10.7. The highest BCUT2D eigenvalue weighted by atomic mass is 79.9. The number of carbonyl (C=O) groups is 1. The smallest absolute Gasteiger partial charge is 0.241 e. The molecule has 0 aliphatic rings. The summed E-state index contributed by atoms with van der Waals surface area (Å²) in [5, 5.41) is 2.80. The third-order valence-electron chi connectivity index (χ3n) is 2.64. The zero-order chi connectivity index (χ0) is 13.5. The molecule has 0 heterocycles. The average Bonchev–Trinajstić information content (AvgIpc) is 2.38. The van der Waals surface area contributed by atoms with Crippen LogP contribution in [0.15, 0.2) is 22.7 Å². The number of methoxy groups -OCH3 is 1. The van der Waals surface area contributed by atoms with Crippen LogP contribution in [0.25, 0.3) is 0 Å². The quantitative estimate of drug-likeness (QED) is 0.848. The van der Waals surface area contributed by atoms with Crippen LogP contribution in [0.3, 0.4) is 0 Å². The van der Waals surface area contributed by atoms with Gasteiger partial charge in [-0.15, -0.1) is 0 Å². The number of hydrogen-bond donors (Lipinski definition) is 2. The van der Waals surface area contributed by atoms with Gasteiger partial charge in [-0.1, -0.05) is 19.8 Å². The van der Waals surface area contributed by atoms with Crippen molar-refractivity contribution in [2.24, 2.45) is 5.73 Å². The lowest BCUT2D eigenvalue weighted by Gasteiger charge is -2.13. The Morgan fingerprint density at radius 2 is 2.28 bits per heavy atom. The zero-order valence-corrected chi connectivity index (χ0v) is 12.3. The second kappa shape index (κ2) is 7.38. The maximum atomic E-state index is 11.9. The van der Waals surface area contributed by atoms with E-state index < -0.39 is 6.04 Å². The van der Waals surface area contributed by atoms with Crippen LogP contribution in [0.2, 0.25) is 0 Å². The minimum absolute atomic E-state index is 0.169. The minimum atomic E-state index is -0.469. The maximum absolute atomic E-state index is 11.9. The van der Waals surface area contributed by atoms with E-state index >= 15 is 0 Å². The van der Waals surface area contributed by atoms with E-state index in [2.05, 4.69) is 28.2 Å². The van der Waals surface area contributed by atoms with Crippen molar-refractivity contribution in [3.05, 3.63) is 22.7 Å². The van der Waals surface area contributed by atoms with Gasteiger partial charge in [0.25, 0.3) is 0 Å². The molecule has 0 unspecified atom stereocenters. The van der Waals surface area contributed by atoms with Gasteiger partial charge >= 0.3 is 0 Å². The van der Waals surface area contributed by atoms with Crippen LogP contribution in [-0.4, -0.2) is 19.1 Å². The third kappa shape index (κ3) is 4.31. The molecule has 3 N–H and O–H groups in total. The molecule has 0 bridgehead atoms. The van der Waals surface area contributed by atoms with Gasteiger partial charge in [-0.3, -0.25) is 4.79 Å². The predicted molar refractivity (Wildman–Crippen MR) is 76.8 cm³/mol. The summed E-state index contributed by atoms with van der Waals surface area (Å²) in [5.41, 5.74) is 6.49. The van der Waals surface area contributed by atoms with Gasteiger partial charge < -0.3 is 15.8 Å². The summed E-state index contributed by atoms with van der Waals surface area (Å²) in [7, 11) is 1.59. The van der Waals surface area contributed by atoms with Gasteiger partial charge in [0.05, 0.1) is 18.8 Å². The van der Waals surface area contributed by atoms with E-state index in [1.807, 2.05) is 12.1 Å². The van der Waals surface area contributed by atoms with Crippen molar-refractivity contribution in [1.82, 2.24) is 0 Å². The highest BCUT2D eigenvalue weighted by Crippen LogP contribution is 2.27. The number of unbranched alkanes of at least 4 members (excludes halogenated alkanes) is 1. The Hall–Kier alpha value is -1.07. The molecule has 0 radical (unpaired) electrons. The van der Waals surface area contributed by atoms with Crippen LogP contribution >= 0.6 is 15.9 Å². The van der Waals surface area contributed by atoms with Crippen LogP contribution in [0.1, 0.15) is 26.2 Å². The fourth-order valence-corrected chi connectivity index (χ4v) is 1.85. The molecule has 1 aromatic carbocycles. The molecule has 1 atom stereocenters. The molecule has 5 heteroatoms. The van der Waals surface area contributed by atoms with Crippen molar-refractivity contribution in [2.75, 3.05) is 12.4 Å². The van der Waals surface area contributed by atoms with Gasteiger partial charge in [0, 0.05) is 10.5 Å². The monoisotopic (exact) mass is 314 g/mol. The molecule has 0 saturated carbocycles. The van der Waals surface area contributed by atoms with E-state index in [-0.39, 0.29) is 5.91 Å². The second-order valence-electron chi connectivity index (χ2n) is 4.08. The van der Waals surface area contributed by atoms with Crippen LogP contribution in [0, 0.1) is 0 Å². The van der Waals surface area contributed by atoms with Crippen molar-refractivity contribution in [1.29, 1.82) is 0 Å². The fourth-order valence-electron chi connectivity index (χ4n) is 1.51. The van der Waals surface area contributed by atoms with Crippen molar-refractivity contribution in [3.8, 4) is 5.75 Å². The average molecular weight is 315 g/mol. The lowest BCUT2D eigenvalue weighted by Crippen LogP contribution is -2.35. The van der Waals surface area contributed by atoms with Crippen LogP contribution < -0.4 is 15.8 Å². The Bertz CT molecular complexity index is 410. The number of benzene rings is 1. The first kappa shape index (κ1) is 15.0. The maximum Gasteiger partial charge on any atom is 0.241 e. The number of rotatable bonds is 6. The summed E-state index contributed by atoms with van der Waals surface area (Å²) in [4.78, 5) is 11.9. The van der Waals surface area contributed by atoms with E-state index in [0.717, 1.165) is 17.3 Å². The third-order valence-corrected chi connectivity index (χ3v) is 3.33. The van der Waals surface area contributed by atoms with Gasteiger partial charge in [0.15, 0.2) is 0 Å². The van der Waals surface area contributed by atoms with E-state index in [0.29, 0.717) is 17.9 Å². The molecule has 1 rings (SSSR count). The second-order valence-corrected chi connectivity index (χ2v) is 4.94. The first-order valence-corrected chi connectivity index (χ1v) is 6.77. The number of amides is 1. The van der Waals surface area contributed by atoms with Crippen molar-refractivity contribution >= 4 is 27.5 Å². The Balaban J connectivity index is 2.68. The van der Waals surface area contributed by atoms with E-state index in [1.165, 1.54) is 0 Å². The molecule has 0 aromatic heterocycles. The Morgan fingerprint density at radius 1 is 1.56 bits per heavy atom. The lowest BCUT2D eigenvalue weighted by molar-refractivity contribution is -0.117. The standard InChI is InChI=1S/C13H19BrN2O2/c1-3-4-5-11(15)13(17)16-12-8-9(18-2)6-7-10(12)14/h6-8,11H,3-5,15H2,1-2H3,(H,16,17)/t11-/m0/s1. The molecule has 0 aliphatic carbocycles. The topological polar surface area (TPSA) is 64.4 Å². The van der Waals surface area contributed by atoms with E-state index in [1.54, 1.807) is 13.2 Å². The van der Waals surface area contributed by atoms with Gasteiger partial charge in [-0.2, -0.15) is 0 Å². The first-order chi connectivity index (χ1) is 8.58. The highest BCUT2D eigenvalue weighted by Gasteiger charge is 2.14. The predicted octanol–water partition coefficient (Wildman–Crippen LogP) is 2.91. The number of halogens is 1. The fraction of sp³-hybridized carbons (Fsp3) is 0.462. The summed E-state index contributed by atoms with van der Waals surface area (Å²) in [6.45, 7) is 2.07. The van der Waals surface area contributed by atoms with Gasteiger partial charge in [0.1, 0.15) is 5.75 Å². The molecule has 18 heavy (non-hydrogen) atoms. The summed E-state index contributed by atoms with van der Waals surface area (Å²) in [6.07, 6.45) is 2.68. The summed E-state index contributed by atoms with van der Waals surface area (Å²) < 4.78 is 5.92. The minimum Gasteiger partial charge on any atom is -0.497 e. The van der Waals surface area contributed by atoms with Crippen LogP contribution in [-0.2, 0) is 4.79 Å². The molecule has 0 fully saturated rings. The highest BCUT2D eigenvalue weighted by molar-refractivity contribution is 9.10. The number of hydrogen-bond acceptors (Lipinski definition) is 3. The van der Waals surface area contributed by atoms with Crippen LogP contribution in [0.4, 0.5) is 5.69 Å². The molecule has 1 amide bonds. The Morgan fingerprint density at radius 3 is 2.89 bits per heavy atom. The van der Waals surface area contributed by atoms with Gasteiger partial charge in [0.2, 0.25) is 5.91 Å². The normalized spacial score (nSPS) is 12.0. The largest absolute Gasteiger partial charge is 0.497 e. The Kier molecular flexibility index (Phi) is 6.15. The van der Waals surface area contributed by atoms with E-state index in [4.69, 9.17) is 10.5 Å². The van der Waals surface area contributed by atoms with Crippen molar-refractivity contribution in [2.45, 2.75) is 32.2 Å². The van der Waals surface area contributed by atoms with Gasteiger partial charge in [-0.05, 0) is 34.5 Å². The molecular formula is C13H19BrN2O2. The van der Waals surface area contributed by atoms with E-state index in [9.17, 15) is 4.79 Å². The van der Waals surface area contributed by atoms with Crippen molar-refractivity contribution in [3.63, 3.8) is 0 Å². The number of ether oxygens (including phenoxy) is 1. The summed E-state index contributed by atoms with van der Waals surface area (Å²) >= 11 is 3.38. The number of carbonyl (C=O) groups excluding carboxylic acids is 1. The molecule has 100 valence electrons. The Labute approximate surface area is 116 Å². The first-order valence-electron chi connectivity index (χ1n) is 5.98. The molecule has 0 saturated heterocycles. The van der Waals surface area contributed by atoms with Crippen molar-refractivity contribution < 1.29 is 9.53 Å². The summed E-state index contributed by atoms with van der Waals surface area (Å²) in [6, 6.07) is 4.93. The SMILES string of the molecule is CCCC[C@H](N)C(=O)Nc1cc(OC)ccc1Br. The number of anilines is 1. The molecule has 0 spiro atoms. The lowest BCUT2D eigenvalue weighted by atomic mass is 10.1. The van der Waals surface area contributed by atoms with Gasteiger partial charge in [-0.25, -0.2) is 0 Å². The number of nitrogens with two attached hydrogens (primary N) is 1. The van der Waals surface area contributed by atoms with Crippen LogP contribution in [0.5, 0.6) is 5.75 Å². The molecule has 0 aliphatic heterocycles. The molecule has 4 nitrogen and oxygen atoms in total. The molecular weight excluding hydrogens is 296 g/mol. The number of nitrogens with one attached hydrogen (secondary N) is 1. The summed E-state index contributed by atoms with van der Waals surface area (Å²) in [5.74, 6) is 0.521.